The summed E-state index contributed by atoms with van der Waals surface area (Å²) < 4.78 is 27.2. The molecule has 1 fully saturated rings. The van der Waals surface area contributed by atoms with E-state index in [0.717, 1.165) is 10.2 Å². The van der Waals surface area contributed by atoms with Gasteiger partial charge in [-0.05, 0) is 59.5 Å². The van der Waals surface area contributed by atoms with Crippen molar-refractivity contribution in [3.63, 3.8) is 0 Å². The standard InChI is InChI=1S/C21H26BrN3O3S/c1-2-15-29(27,28)25-13-10-21(11-14-25,19-9-5-6-12-23-19)16-24-20(26)17-7-3-4-8-18(17)22/h3-9,12H,2,10-11,13-16H2,1H3,(H,24,26). The number of halogens is 1. The zero-order chi connectivity index (χ0) is 20.9. The van der Waals surface area contributed by atoms with Crippen LogP contribution in [0.5, 0.6) is 0 Å². The average Bonchev–Trinajstić information content (AvgIpc) is 2.73. The van der Waals surface area contributed by atoms with Crippen molar-refractivity contribution in [2.45, 2.75) is 31.6 Å². The molecule has 0 saturated carbocycles. The molecule has 0 bridgehead atoms. The van der Waals surface area contributed by atoms with Gasteiger partial charge in [0.2, 0.25) is 10.0 Å². The lowest BCUT2D eigenvalue weighted by atomic mass is 9.75. The first-order valence-electron chi connectivity index (χ1n) is 9.80. The Balaban J connectivity index is 1.78. The molecule has 0 atom stereocenters. The number of rotatable bonds is 7. The first-order chi connectivity index (χ1) is 13.9. The van der Waals surface area contributed by atoms with Crippen molar-refractivity contribution < 1.29 is 13.2 Å². The number of nitrogens with one attached hydrogen (secondary N) is 1. The third kappa shape index (κ3) is 5.05. The molecule has 0 aliphatic carbocycles. The van der Waals surface area contributed by atoms with Crippen LogP contribution >= 0.6 is 15.9 Å². The van der Waals surface area contributed by atoms with Gasteiger partial charge < -0.3 is 5.32 Å². The Morgan fingerprint density at radius 1 is 1.17 bits per heavy atom. The highest BCUT2D eigenvalue weighted by molar-refractivity contribution is 9.10. The fourth-order valence-corrected chi connectivity index (χ4v) is 5.75. The highest BCUT2D eigenvalue weighted by Crippen LogP contribution is 2.35. The van der Waals surface area contributed by atoms with Gasteiger partial charge in [0, 0.05) is 41.4 Å². The van der Waals surface area contributed by atoms with Crippen LogP contribution in [-0.2, 0) is 15.4 Å². The van der Waals surface area contributed by atoms with E-state index in [4.69, 9.17) is 0 Å². The van der Waals surface area contributed by atoms with E-state index >= 15 is 0 Å². The summed E-state index contributed by atoms with van der Waals surface area (Å²) in [5.74, 6) is 0.0105. The van der Waals surface area contributed by atoms with E-state index in [-0.39, 0.29) is 11.7 Å². The van der Waals surface area contributed by atoms with Gasteiger partial charge in [-0.15, -0.1) is 0 Å². The Bertz CT molecular complexity index is 943. The monoisotopic (exact) mass is 479 g/mol. The van der Waals surface area contributed by atoms with Gasteiger partial charge in [-0.3, -0.25) is 9.78 Å². The summed E-state index contributed by atoms with van der Waals surface area (Å²) in [5, 5.41) is 3.05. The molecule has 29 heavy (non-hydrogen) atoms. The van der Waals surface area contributed by atoms with Crippen LogP contribution in [0.4, 0.5) is 0 Å². The first kappa shape index (κ1) is 21.9. The van der Waals surface area contributed by atoms with Crippen molar-refractivity contribution >= 4 is 31.9 Å². The summed E-state index contributed by atoms with van der Waals surface area (Å²) in [5.41, 5.74) is 1.07. The van der Waals surface area contributed by atoms with Crippen LogP contribution in [0, 0.1) is 0 Å². The summed E-state index contributed by atoms with van der Waals surface area (Å²) in [7, 11) is -3.23. The molecule has 1 amide bonds. The van der Waals surface area contributed by atoms with Crippen molar-refractivity contribution in [2.24, 2.45) is 0 Å². The number of hydrogen-bond donors (Lipinski definition) is 1. The maximum atomic E-state index is 12.7. The fraction of sp³-hybridized carbons (Fsp3) is 0.429. The van der Waals surface area contributed by atoms with Crippen LogP contribution in [0.3, 0.4) is 0 Å². The minimum absolute atomic E-state index is 0.159. The predicted molar refractivity (Wildman–Crippen MR) is 117 cm³/mol. The molecule has 0 spiro atoms. The smallest absolute Gasteiger partial charge is 0.252 e. The van der Waals surface area contributed by atoms with Gasteiger partial charge >= 0.3 is 0 Å². The van der Waals surface area contributed by atoms with E-state index in [9.17, 15) is 13.2 Å². The normalized spacial score (nSPS) is 17.0. The van der Waals surface area contributed by atoms with Gasteiger partial charge in [0.1, 0.15) is 0 Å². The molecule has 0 unspecified atom stereocenters. The predicted octanol–water partition coefficient (Wildman–Crippen LogP) is 3.35. The Kier molecular flexibility index (Phi) is 7.08. The van der Waals surface area contributed by atoms with Crippen LogP contribution in [0.2, 0.25) is 0 Å². The third-order valence-corrected chi connectivity index (χ3v) is 8.22. The molecular formula is C21H26BrN3O3S. The fourth-order valence-electron chi connectivity index (χ4n) is 3.77. The molecule has 1 aliphatic rings. The Morgan fingerprint density at radius 2 is 1.86 bits per heavy atom. The maximum Gasteiger partial charge on any atom is 0.252 e. The highest BCUT2D eigenvalue weighted by Gasteiger charge is 2.40. The zero-order valence-corrected chi connectivity index (χ0v) is 18.9. The number of carbonyl (C=O) groups excluding carboxylic acids is 1. The zero-order valence-electron chi connectivity index (χ0n) is 16.5. The van der Waals surface area contributed by atoms with Crippen LogP contribution in [0.15, 0.2) is 53.1 Å². The number of aromatic nitrogens is 1. The molecule has 1 N–H and O–H groups in total. The lowest BCUT2D eigenvalue weighted by Crippen LogP contribution is -2.51. The van der Waals surface area contributed by atoms with Crippen molar-refractivity contribution in [1.82, 2.24) is 14.6 Å². The van der Waals surface area contributed by atoms with Crippen LogP contribution < -0.4 is 5.32 Å². The molecule has 156 valence electrons. The van der Waals surface area contributed by atoms with E-state index < -0.39 is 15.4 Å². The summed E-state index contributed by atoms with van der Waals surface area (Å²) in [6, 6.07) is 13.0. The lowest BCUT2D eigenvalue weighted by molar-refractivity contribution is 0.0931. The van der Waals surface area contributed by atoms with E-state index in [1.807, 2.05) is 43.3 Å². The van der Waals surface area contributed by atoms with Gasteiger partial charge in [-0.25, -0.2) is 12.7 Å². The number of amides is 1. The Morgan fingerprint density at radius 3 is 2.48 bits per heavy atom. The molecule has 1 saturated heterocycles. The van der Waals surface area contributed by atoms with Crippen LogP contribution in [-0.4, -0.2) is 49.0 Å². The molecular weight excluding hydrogens is 454 g/mol. The van der Waals surface area contributed by atoms with Crippen LogP contribution in [0.1, 0.15) is 42.2 Å². The molecule has 2 heterocycles. The number of hydrogen-bond acceptors (Lipinski definition) is 4. The number of sulfonamides is 1. The van der Waals surface area contributed by atoms with Gasteiger partial charge in [0.05, 0.1) is 11.3 Å². The second-order valence-corrected chi connectivity index (χ2v) is 10.3. The number of pyridine rings is 1. The van der Waals surface area contributed by atoms with Gasteiger partial charge in [0.25, 0.3) is 5.91 Å². The average molecular weight is 480 g/mol. The molecule has 1 aliphatic heterocycles. The van der Waals surface area contributed by atoms with Crippen molar-refractivity contribution in [1.29, 1.82) is 0 Å². The second kappa shape index (κ2) is 9.36. The SMILES string of the molecule is CCCS(=O)(=O)N1CCC(CNC(=O)c2ccccc2Br)(c2ccccn2)CC1. The van der Waals surface area contributed by atoms with Crippen molar-refractivity contribution in [3.8, 4) is 0 Å². The lowest BCUT2D eigenvalue weighted by Gasteiger charge is -2.41. The van der Waals surface area contributed by atoms with Gasteiger partial charge in [0.15, 0.2) is 0 Å². The third-order valence-electron chi connectivity index (χ3n) is 5.45. The summed E-state index contributed by atoms with van der Waals surface area (Å²) in [6.07, 6.45) is 3.57. The van der Waals surface area contributed by atoms with E-state index in [1.54, 1.807) is 16.6 Å². The topological polar surface area (TPSA) is 79.4 Å². The number of carbonyl (C=O) groups is 1. The number of nitrogens with zero attached hydrogens (tertiary/aromatic N) is 2. The summed E-state index contributed by atoms with van der Waals surface area (Å²) in [4.78, 5) is 17.3. The quantitative estimate of drug-likeness (QED) is 0.660. The van der Waals surface area contributed by atoms with Crippen molar-refractivity contribution in [3.05, 3.63) is 64.4 Å². The molecule has 6 nitrogen and oxygen atoms in total. The molecule has 1 aromatic carbocycles. The summed E-state index contributed by atoms with van der Waals surface area (Å²) >= 11 is 3.42. The van der Waals surface area contributed by atoms with E-state index in [1.165, 1.54) is 0 Å². The maximum absolute atomic E-state index is 12.7. The van der Waals surface area contributed by atoms with Gasteiger partial charge in [-0.1, -0.05) is 25.1 Å². The van der Waals surface area contributed by atoms with Crippen molar-refractivity contribution in [2.75, 3.05) is 25.4 Å². The second-order valence-electron chi connectivity index (χ2n) is 7.37. The number of piperidine rings is 1. The first-order valence-corrected chi connectivity index (χ1v) is 12.2. The number of benzene rings is 1. The Hall–Kier alpha value is -1.77. The van der Waals surface area contributed by atoms with Crippen LogP contribution in [0.25, 0.3) is 0 Å². The minimum atomic E-state index is -3.23. The molecule has 0 radical (unpaired) electrons. The molecule has 2 aromatic rings. The molecule has 3 rings (SSSR count). The van der Waals surface area contributed by atoms with E-state index in [0.29, 0.717) is 44.5 Å². The summed E-state index contributed by atoms with van der Waals surface area (Å²) in [6.45, 7) is 3.15. The molecule has 8 heteroatoms. The van der Waals surface area contributed by atoms with Gasteiger partial charge in [-0.2, -0.15) is 0 Å². The molecule has 1 aromatic heterocycles. The highest BCUT2D eigenvalue weighted by atomic mass is 79.9. The largest absolute Gasteiger partial charge is 0.351 e. The minimum Gasteiger partial charge on any atom is -0.351 e. The Labute approximate surface area is 180 Å². The van der Waals surface area contributed by atoms with E-state index in [2.05, 4.69) is 26.2 Å².